The van der Waals surface area contributed by atoms with Gasteiger partial charge in [0.25, 0.3) is 5.91 Å². The number of rotatable bonds is 3. The Balaban J connectivity index is 2.29. The molecule has 0 spiro atoms. The summed E-state index contributed by atoms with van der Waals surface area (Å²) in [5.41, 5.74) is 1.31. The van der Waals surface area contributed by atoms with Crippen molar-refractivity contribution in [3.05, 3.63) is 48.3 Å². The molecule has 0 atom stereocenters. The second-order valence-electron chi connectivity index (χ2n) is 4.06. The van der Waals surface area contributed by atoms with Gasteiger partial charge in [-0.15, -0.1) is 0 Å². The third kappa shape index (κ3) is 2.22. The number of carbonyl (C=O) groups is 1. The van der Waals surface area contributed by atoms with Gasteiger partial charge >= 0.3 is 0 Å². The summed E-state index contributed by atoms with van der Waals surface area (Å²) in [4.78, 5) is 13.8. The summed E-state index contributed by atoms with van der Waals surface area (Å²) < 4.78 is 1.89. The summed E-state index contributed by atoms with van der Waals surface area (Å²) in [6.45, 7) is 2.74. The number of amides is 1. The summed E-state index contributed by atoms with van der Waals surface area (Å²) in [6.07, 6.45) is 1.88. The van der Waals surface area contributed by atoms with E-state index in [1.54, 1.807) is 37.4 Å². The molecule has 1 aromatic carbocycles. The standard InChI is InChI=1S/C14H16N2O2/c1-3-16-9-5-8-13(16)14(18)15(2)11-6-4-7-12(17)10-11/h4-10,17H,3H2,1-2H3. The van der Waals surface area contributed by atoms with Crippen LogP contribution in [-0.4, -0.2) is 22.6 Å². The first-order chi connectivity index (χ1) is 8.63. The molecule has 0 aliphatic heterocycles. The minimum Gasteiger partial charge on any atom is -0.508 e. The Morgan fingerprint density at radius 3 is 2.78 bits per heavy atom. The molecule has 1 N–H and O–H groups in total. The fraction of sp³-hybridized carbons (Fsp3) is 0.214. The lowest BCUT2D eigenvalue weighted by atomic mass is 10.2. The molecule has 0 bridgehead atoms. The molecule has 0 unspecified atom stereocenters. The van der Waals surface area contributed by atoms with Crippen molar-refractivity contribution in [3.63, 3.8) is 0 Å². The molecule has 94 valence electrons. The molecule has 0 aliphatic carbocycles. The number of nitrogens with zero attached hydrogens (tertiary/aromatic N) is 2. The number of hydrogen-bond acceptors (Lipinski definition) is 2. The highest BCUT2D eigenvalue weighted by atomic mass is 16.3. The zero-order chi connectivity index (χ0) is 13.1. The van der Waals surface area contributed by atoms with Crippen LogP contribution < -0.4 is 4.90 Å². The number of anilines is 1. The highest BCUT2D eigenvalue weighted by Crippen LogP contribution is 2.20. The predicted octanol–water partition coefficient (Wildman–Crippen LogP) is 2.49. The molecule has 4 nitrogen and oxygen atoms in total. The lowest BCUT2D eigenvalue weighted by Crippen LogP contribution is -2.28. The third-order valence-electron chi connectivity index (χ3n) is 2.91. The van der Waals surface area contributed by atoms with Gasteiger partial charge in [-0.1, -0.05) is 6.07 Å². The van der Waals surface area contributed by atoms with Crippen molar-refractivity contribution in [2.24, 2.45) is 0 Å². The van der Waals surface area contributed by atoms with Gasteiger partial charge in [0, 0.05) is 31.5 Å². The van der Waals surface area contributed by atoms with Crippen LogP contribution in [-0.2, 0) is 6.54 Å². The van der Waals surface area contributed by atoms with E-state index >= 15 is 0 Å². The Morgan fingerprint density at radius 1 is 1.33 bits per heavy atom. The quantitative estimate of drug-likeness (QED) is 0.901. The zero-order valence-electron chi connectivity index (χ0n) is 10.5. The highest BCUT2D eigenvalue weighted by Gasteiger charge is 2.16. The van der Waals surface area contributed by atoms with Crippen LogP contribution in [0.4, 0.5) is 5.69 Å². The summed E-state index contributed by atoms with van der Waals surface area (Å²) in [5.74, 6) is 0.0606. The van der Waals surface area contributed by atoms with Crippen LogP contribution in [0.15, 0.2) is 42.6 Å². The highest BCUT2D eigenvalue weighted by molar-refractivity contribution is 6.04. The smallest absolute Gasteiger partial charge is 0.274 e. The second kappa shape index (κ2) is 4.96. The van der Waals surface area contributed by atoms with E-state index in [4.69, 9.17) is 0 Å². The maximum Gasteiger partial charge on any atom is 0.274 e. The average Bonchev–Trinajstić information content (AvgIpc) is 2.85. The van der Waals surface area contributed by atoms with Gasteiger partial charge in [0.05, 0.1) is 0 Å². The van der Waals surface area contributed by atoms with E-state index in [1.807, 2.05) is 23.8 Å². The molecular formula is C14H16N2O2. The molecule has 0 saturated carbocycles. The van der Waals surface area contributed by atoms with Crippen molar-refractivity contribution in [1.29, 1.82) is 0 Å². The fourth-order valence-corrected chi connectivity index (χ4v) is 1.87. The van der Waals surface area contributed by atoms with Crippen LogP contribution in [0.2, 0.25) is 0 Å². The van der Waals surface area contributed by atoms with Crippen molar-refractivity contribution in [3.8, 4) is 5.75 Å². The second-order valence-corrected chi connectivity index (χ2v) is 4.06. The number of benzene rings is 1. The summed E-state index contributed by atoms with van der Waals surface area (Å²) in [7, 11) is 1.70. The Kier molecular flexibility index (Phi) is 3.37. The number of hydrogen-bond donors (Lipinski definition) is 1. The third-order valence-corrected chi connectivity index (χ3v) is 2.91. The minimum absolute atomic E-state index is 0.0903. The number of aromatic nitrogens is 1. The minimum atomic E-state index is -0.0903. The molecule has 0 saturated heterocycles. The molecule has 4 heteroatoms. The number of carbonyl (C=O) groups excluding carboxylic acids is 1. The van der Waals surface area contributed by atoms with Crippen molar-refractivity contribution < 1.29 is 9.90 Å². The van der Waals surface area contributed by atoms with Gasteiger partial charge in [0.2, 0.25) is 0 Å². The van der Waals surface area contributed by atoms with Gasteiger partial charge < -0.3 is 14.6 Å². The van der Waals surface area contributed by atoms with E-state index in [0.29, 0.717) is 11.4 Å². The number of aromatic hydroxyl groups is 1. The van der Waals surface area contributed by atoms with Crippen LogP contribution >= 0.6 is 0 Å². The first-order valence-corrected chi connectivity index (χ1v) is 5.85. The number of phenolic OH excluding ortho intramolecular Hbond substituents is 1. The van der Waals surface area contributed by atoms with Crippen molar-refractivity contribution in [2.45, 2.75) is 13.5 Å². The zero-order valence-corrected chi connectivity index (χ0v) is 10.5. The van der Waals surface area contributed by atoms with E-state index < -0.39 is 0 Å². The van der Waals surface area contributed by atoms with E-state index in [2.05, 4.69) is 0 Å². The summed E-state index contributed by atoms with van der Waals surface area (Å²) >= 11 is 0. The molecule has 1 heterocycles. The van der Waals surface area contributed by atoms with Gasteiger partial charge in [0.1, 0.15) is 11.4 Å². The molecule has 2 aromatic rings. The average molecular weight is 244 g/mol. The molecule has 1 aromatic heterocycles. The normalized spacial score (nSPS) is 10.3. The monoisotopic (exact) mass is 244 g/mol. The van der Waals surface area contributed by atoms with Crippen LogP contribution in [0, 0.1) is 0 Å². The Morgan fingerprint density at radius 2 is 2.11 bits per heavy atom. The lowest BCUT2D eigenvalue weighted by Gasteiger charge is -2.18. The van der Waals surface area contributed by atoms with Crippen molar-refractivity contribution in [2.75, 3.05) is 11.9 Å². The molecule has 0 aliphatic rings. The molecule has 1 amide bonds. The van der Waals surface area contributed by atoms with Gasteiger partial charge in [-0.25, -0.2) is 0 Å². The maximum atomic E-state index is 12.3. The largest absolute Gasteiger partial charge is 0.508 e. The van der Waals surface area contributed by atoms with Crippen LogP contribution in [0.1, 0.15) is 17.4 Å². The van der Waals surface area contributed by atoms with E-state index in [1.165, 1.54) is 4.90 Å². The van der Waals surface area contributed by atoms with E-state index in [-0.39, 0.29) is 11.7 Å². The van der Waals surface area contributed by atoms with Gasteiger partial charge in [-0.3, -0.25) is 4.79 Å². The summed E-state index contributed by atoms with van der Waals surface area (Å²) in [6, 6.07) is 10.3. The van der Waals surface area contributed by atoms with E-state index in [0.717, 1.165) is 6.54 Å². The Labute approximate surface area is 106 Å². The molecule has 18 heavy (non-hydrogen) atoms. The number of aryl methyl sites for hydroxylation is 1. The van der Waals surface area contributed by atoms with E-state index in [9.17, 15) is 9.90 Å². The molecular weight excluding hydrogens is 228 g/mol. The molecule has 0 radical (unpaired) electrons. The van der Waals surface area contributed by atoms with Crippen molar-refractivity contribution in [1.82, 2.24) is 4.57 Å². The Hall–Kier alpha value is -2.23. The van der Waals surface area contributed by atoms with Gasteiger partial charge in [-0.05, 0) is 31.2 Å². The number of phenols is 1. The van der Waals surface area contributed by atoms with Gasteiger partial charge in [-0.2, -0.15) is 0 Å². The first kappa shape index (κ1) is 12.2. The SMILES string of the molecule is CCn1cccc1C(=O)N(C)c1cccc(O)c1. The maximum absolute atomic E-state index is 12.3. The fourth-order valence-electron chi connectivity index (χ4n) is 1.87. The van der Waals surface area contributed by atoms with Crippen LogP contribution in [0.3, 0.4) is 0 Å². The molecule has 0 fully saturated rings. The lowest BCUT2D eigenvalue weighted by molar-refractivity contribution is 0.0984. The first-order valence-electron chi connectivity index (χ1n) is 5.85. The van der Waals surface area contributed by atoms with Crippen LogP contribution in [0.25, 0.3) is 0 Å². The topological polar surface area (TPSA) is 45.5 Å². The molecule has 2 rings (SSSR count). The van der Waals surface area contributed by atoms with Crippen LogP contribution in [0.5, 0.6) is 5.75 Å². The van der Waals surface area contributed by atoms with Crippen molar-refractivity contribution >= 4 is 11.6 Å². The Bertz CT molecular complexity index is 560. The summed E-state index contributed by atoms with van der Waals surface area (Å²) in [5, 5.41) is 9.43. The predicted molar refractivity (Wildman–Crippen MR) is 70.9 cm³/mol. The van der Waals surface area contributed by atoms with Gasteiger partial charge in [0.15, 0.2) is 0 Å².